The minimum absolute atomic E-state index is 0.0312. The van der Waals surface area contributed by atoms with Gasteiger partial charge in [-0.15, -0.1) is 0 Å². The molecule has 0 saturated carbocycles. The van der Waals surface area contributed by atoms with Gasteiger partial charge in [0.15, 0.2) is 6.61 Å². The zero-order valence-corrected chi connectivity index (χ0v) is 29.1. The van der Waals surface area contributed by atoms with Crippen LogP contribution in [0.2, 0.25) is 0 Å². The van der Waals surface area contributed by atoms with Crippen LogP contribution in [0.4, 0.5) is 35.5 Å². The number of aliphatic carboxylic acids is 1. The summed E-state index contributed by atoms with van der Waals surface area (Å²) in [6.45, 7) is 4.03. The minimum atomic E-state index is -4.67. The van der Waals surface area contributed by atoms with Gasteiger partial charge in [0.2, 0.25) is 11.9 Å². The Hall–Kier alpha value is -5.63. The highest BCUT2D eigenvalue weighted by atomic mass is 19.4. The highest BCUT2D eigenvalue weighted by Crippen LogP contribution is 2.27. The number of hydrogen-bond acceptors (Lipinski definition) is 14. The molecule has 0 saturated heterocycles. The van der Waals surface area contributed by atoms with E-state index in [1.807, 2.05) is 0 Å². The van der Waals surface area contributed by atoms with Gasteiger partial charge >= 0.3 is 24.2 Å². The molecule has 1 aromatic heterocycles. The van der Waals surface area contributed by atoms with Crippen LogP contribution in [0.5, 0.6) is 17.5 Å². The number of nitrogens with zero attached hydrogens (tertiary/aromatic N) is 3. The van der Waals surface area contributed by atoms with Crippen LogP contribution in [0.3, 0.4) is 0 Å². The SMILES string of the molecule is CC(C)(C)OC(=O)NCC(NC(=O)c1ccc2cc1OCCOCCOCCOc1ccc(cc1)CNc1nc(nc(OCC(F)(F)F)n1)N2)C(=O)O. The van der Waals surface area contributed by atoms with Crippen molar-refractivity contribution in [2.75, 3.05) is 63.4 Å². The number of halogens is 3. The number of carboxylic acids is 1. The topological polar surface area (TPSA) is 214 Å². The van der Waals surface area contributed by atoms with E-state index in [4.69, 9.17) is 28.4 Å². The van der Waals surface area contributed by atoms with Gasteiger partial charge in [-0.2, -0.15) is 28.1 Å². The lowest BCUT2D eigenvalue weighted by Crippen LogP contribution is -2.49. The van der Waals surface area contributed by atoms with Crippen molar-refractivity contribution in [3.63, 3.8) is 0 Å². The first-order chi connectivity index (χ1) is 25.1. The molecular formula is C33H40F3N7O10. The smallest absolute Gasteiger partial charge is 0.422 e. The normalized spacial score (nSPS) is 14.9. The summed E-state index contributed by atoms with van der Waals surface area (Å²) in [5, 5.41) is 20.2. The Morgan fingerprint density at radius 3 is 2.23 bits per heavy atom. The van der Waals surface area contributed by atoms with Crippen molar-refractivity contribution < 1.29 is 61.1 Å². The molecule has 6 bridgehead atoms. The van der Waals surface area contributed by atoms with E-state index >= 15 is 0 Å². The maximum atomic E-state index is 13.4. The molecule has 288 valence electrons. The van der Waals surface area contributed by atoms with Crippen LogP contribution in [-0.4, -0.2) is 109 Å². The van der Waals surface area contributed by atoms with E-state index in [1.54, 1.807) is 45.0 Å². The fraction of sp³-hybridized carbons (Fsp3) is 0.455. The maximum Gasteiger partial charge on any atom is 0.422 e. The van der Waals surface area contributed by atoms with Crippen molar-refractivity contribution >= 4 is 35.6 Å². The predicted octanol–water partition coefficient (Wildman–Crippen LogP) is 3.68. The molecule has 3 heterocycles. The van der Waals surface area contributed by atoms with E-state index in [0.29, 0.717) is 12.4 Å². The van der Waals surface area contributed by atoms with Gasteiger partial charge in [-0.3, -0.25) is 4.79 Å². The molecular weight excluding hydrogens is 711 g/mol. The highest BCUT2D eigenvalue weighted by molar-refractivity contribution is 5.99. The Morgan fingerprint density at radius 2 is 1.57 bits per heavy atom. The second-order valence-electron chi connectivity index (χ2n) is 12.2. The molecule has 0 radical (unpaired) electrons. The fourth-order valence-corrected chi connectivity index (χ4v) is 4.31. The number of nitrogens with one attached hydrogen (secondary N) is 4. The van der Waals surface area contributed by atoms with E-state index in [-0.39, 0.29) is 68.5 Å². The van der Waals surface area contributed by atoms with Gasteiger partial charge in [0.25, 0.3) is 5.91 Å². The van der Waals surface area contributed by atoms with Gasteiger partial charge in [0, 0.05) is 18.3 Å². The number of alkyl carbamates (subject to hydrolysis) is 1. The van der Waals surface area contributed by atoms with Gasteiger partial charge in [-0.05, 0) is 50.6 Å². The van der Waals surface area contributed by atoms with Gasteiger partial charge in [0.1, 0.15) is 36.4 Å². The Kier molecular flexibility index (Phi) is 14.2. The molecule has 5 rings (SSSR count). The van der Waals surface area contributed by atoms with Crippen molar-refractivity contribution in [2.45, 2.75) is 45.1 Å². The van der Waals surface area contributed by atoms with Crippen LogP contribution >= 0.6 is 0 Å². The molecule has 5 N–H and O–H groups in total. The first-order valence-electron chi connectivity index (χ1n) is 16.2. The number of benzene rings is 2. The van der Waals surface area contributed by atoms with Crippen LogP contribution in [-0.2, 0) is 25.5 Å². The van der Waals surface area contributed by atoms with Gasteiger partial charge in [-0.1, -0.05) is 12.1 Å². The summed E-state index contributed by atoms with van der Waals surface area (Å²) in [5.74, 6) is -2.05. The van der Waals surface area contributed by atoms with Crippen molar-refractivity contribution in [1.29, 1.82) is 0 Å². The third-order valence-electron chi connectivity index (χ3n) is 6.64. The van der Waals surface area contributed by atoms with E-state index in [0.717, 1.165) is 5.56 Å². The number of alkyl halides is 3. The zero-order chi connectivity index (χ0) is 38.4. The van der Waals surface area contributed by atoms with Crippen LogP contribution < -0.4 is 35.5 Å². The third-order valence-corrected chi connectivity index (χ3v) is 6.64. The van der Waals surface area contributed by atoms with Crippen LogP contribution in [0, 0.1) is 0 Å². The molecule has 1 unspecified atom stereocenters. The average Bonchev–Trinajstić information content (AvgIpc) is 3.08. The average molecular weight is 752 g/mol. The molecule has 2 amide bonds. The first-order valence-corrected chi connectivity index (χ1v) is 16.2. The Labute approximate surface area is 301 Å². The molecule has 53 heavy (non-hydrogen) atoms. The summed E-state index contributed by atoms with van der Waals surface area (Å²) < 4.78 is 71.5. The molecule has 1 atom stereocenters. The summed E-state index contributed by atoms with van der Waals surface area (Å²) >= 11 is 0. The van der Waals surface area contributed by atoms with E-state index in [1.165, 1.54) is 18.2 Å². The number of amides is 2. The molecule has 2 aliphatic rings. The quantitative estimate of drug-likeness (QED) is 0.218. The van der Waals surface area contributed by atoms with Crippen LogP contribution in [0.1, 0.15) is 36.7 Å². The van der Waals surface area contributed by atoms with Crippen molar-refractivity contribution in [1.82, 2.24) is 25.6 Å². The third kappa shape index (κ3) is 14.5. The highest BCUT2D eigenvalue weighted by Gasteiger charge is 2.29. The van der Waals surface area contributed by atoms with Crippen molar-refractivity contribution in [3.8, 4) is 17.5 Å². The standard InChI is InChI=1S/C33H40F3N7O10/c1-32(2,3)53-31(47)38-18-24(27(45)46)40-26(44)23-9-6-21-16-25(23)51-15-13-49-11-10-48-12-14-50-22-7-4-20(5-8-22)17-37-28-41-29(39-21)43-30(42-28)52-19-33(34,35)36/h4-9,16,24H,10-15,17-19H2,1-3H3,(H,38,47)(H,40,44)(H,45,46)(H2,37,39,41,42,43). The summed E-state index contributed by atoms with van der Waals surface area (Å²) in [7, 11) is 0. The predicted molar refractivity (Wildman–Crippen MR) is 181 cm³/mol. The second-order valence-corrected chi connectivity index (χ2v) is 12.2. The number of carbonyl (C=O) groups excluding carboxylic acids is 2. The summed E-state index contributed by atoms with van der Waals surface area (Å²) in [6.07, 6.45) is -5.54. The van der Waals surface area contributed by atoms with Crippen molar-refractivity contribution in [2.24, 2.45) is 0 Å². The maximum absolute atomic E-state index is 13.4. The van der Waals surface area contributed by atoms with E-state index in [2.05, 4.69) is 36.2 Å². The largest absolute Gasteiger partial charge is 0.491 e. The van der Waals surface area contributed by atoms with Crippen LogP contribution in [0.15, 0.2) is 42.5 Å². The molecule has 0 aliphatic carbocycles. The number of carboxylic acid groups (broad SMARTS) is 1. The number of aromatic nitrogens is 3. The second kappa shape index (κ2) is 18.7. The lowest BCUT2D eigenvalue weighted by Gasteiger charge is -2.21. The number of anilines is 3. The Morgan fingerprint density at radius 1 is 0.906 bits per heavy atom. The van der Waals surface area contributed by atoms with Gasteiger partial charge in [0.05, 0.1) is 38.5 Å². The van der Waals surface area contributed by atoms with Gasteiger partial charge < -0.3 is 54.8 Å². The Balaban J connectivity index is 1.59. The number of fused-ring (bicyclic) bond motifs is 12. The van der Waals surface area contributed by atoms with Crippen molar-refractivity contribution in [3.05, 3.63) is 53.6 Å². The molecule has 20 heteroatoms. The lowest BCUT2D eigenvalue weighted by atomic mass is 10.1. The van der Waals surface area contributed by atoms with E-state index in [9.17, 15) is 32.7 Å². The number of rotatable bonds is 7. The summed E-state index contributed by atoms with van der Waals surface area (Å²) in [4.78, 5) is 49.6. The van der Waals surface area contributed by atoms with E-state index < -0.39 is 55.0 Å². The number of ether oxygens (including phenoxy) is 6. The first kappa shape index (κ1) is 40.1. The molecule has 2 aromatic carbocycles. The minimum Gasteiger partial charge on any atom is -0.491 e. The number of hydrogen-bond donors (Lipinski definition) is 5. The molecule has 0 spiro atoms. The monoisotopic (exact) mass is 751 g/mol. The molecule has 0 fully saturated rings. The van der Waals surface area contributed by atoms with Crippen LogP contribution in [0.25, 0.3) is 0 Å². The molecule has 17 nitrogen and oxygen atoms in total. The summed E-state index contributed by atoms with van der Waals surface area (Å²) in [6, 6.07) is 8.98. The number of carbonyl (C=O) groups is 3. The fourth-order valence-electron chi connectivity index (χ4n) is 4.31. The van der Waals surface area contributed by atoms with Gasteiger partial charge in [-0.25, -0.2) is 9.59 Å². The zero-order valence-electron chi connectivity index (χ0n) is 29.1. The summed E-state index contributed by atoms with van der Waals surface area (Å²) in [5.41, 5.74) is 0.0699. The Bertz CT molecular complexity index is 1690. The lowest BCUT2D eigenvalue weighted by molar-refractivity contribution is -0.154. The molecule has 2 aliphatic heterocycles. The molecule has 3 aromatic rings.